The van der Waals surface area contributed by atoms with Gasteiger partial charge in [-0.25, -0.2) is 9.78 Å². The zero-order valence-corrected chi connectivity index (χ0v) is 12.4. The summed E-state index contributed by atoms with van der Waals surface area (Å²) in [5, 5.41) is 19.5. The molecule has 0 saturated carbocycles. The Bertz CT molecular complexity index is 511. The Morgan fingerprint density at radius 2 is 2.15 bits per heavy atom. The third-order valence-corrected chi connectivity index (χ3v) is 3.64. The molecule has 1 heterocycles. The lowest BCUT2D eigenvalue weighted by molar-refractivity contribution is -0.109. The van der Waals surface area contributed by atoms with E-state index in [2.05, 4.69) is 9.72 Å². The molecule has 0 spiro atoms. The van der Waals surface area contributed by atoms with Crippen LogP contribution in [0.15, 0.2) is 12.3 Å². The van der Waals surface area contributed by atoms with Gasteiger partial charge in [0.2, 0.25) is 0 Å². The maximum atomic E-state index is 11.5. The van der Waals surface area contributed by atoms with E-state index in [-0.39, 0.29) is 27.1 Å². The summed E-state index contributed by atoms with van der Waals surface area (Å²) in [6.45, 7) is 1.36. The number of halogens is 1. The van der Waals surface area contributed by atoms with Crippen molar-refractivity contribution in [2.75, 3.05) is 12.9 Å². The molecular formula is C12H14ClNO5S. The molecule has 0 aliphatic heterocycles. The summed E-state index contributed by atoms with van der Waals surface area (Å²) in [7, 11) is 1.19. The maximum absolute atomic E-state index is 11.5. The van der Waals surface area contributed by atoms with Gasteiger partial charge in [0, 0.05) is 24.4 Å². The molecule has 0 aromatic carbocycles. The van der Waals surface area contributed by atoms with Crippen molar-refractivity contribution in [3.8, 4) is 0 Å². The Morgan fingerprint density at radius 1 is 1.50 bits per heavy atom. The second kappa shape index (κ2) is 7.58. The van der Waals surface area contributed by atoms with Crippen LogP contribution in [0, 0.1) is 0 Å². The van der Waals surface area contributed by atoms with Gasteiger partial charge >= 0.3 is 5.97 Å². The average molecular weight is 320 g/mol. The number of aliphatic hydroxyl groups is 2. The first kappa shape index (κ1) is 16.9. The zero-order valence-electron chi connectivity index (χ0n) is 10.9. The van der Waals surface area contributed by atoms with E-state index in [4.69, 9.17) is 11.6 Å². The van der Waals surface area contributed by atoms with Crippen molar-refractivity contribution >= 4 is 34.4 Å². The molecule has 2 N–H and O–H groups in total. The van der Waals surface area contributed by atoms with Crippen LogP contribution in [-0.2, 0) is 9.53 Å². The van der Waals surface area contributed by atoms with Gasteiger partial charge in [-0.15, -0.1) is 0 Å². The maximum Gasteiger partial charge on any atom is 0.341 e. The molecule has 0 bridgehead atoms. The molecular weight excluding hydrogens is 306 g/mol. The highest BCUT2D eigenvalue weighted by atomic mass is 35.5. The molecule has 0 amide bonds. The Kier molecular flexibility index (Phi) is 6.41. The van der Waals surface area contributed by atoms with Gasteiger partial charge in [0.05, 0.1) is 18.8 Å². The van der Waals surface area contributed by atoms with Crippen molar-refractivity contribution in [3.05, 3.63) is 28.5 Å². The number of carbonyl (C=O) groups is 2. The largest absolute Gasteiger partial charge is 0.465 e. The van der Waals surface area contributed by atoms with Gasteiger partial charge in [-0.3, -0.25) is 4.79 Å². The number of methoxy groups -OCH3 is 1. The van der Waals surface area contributed by atoms with Crippen LogP contribution in [0.4, 0.5) is 0 Å². The van der Waals surface area contributed by atoms with Crippen LogP contribution in [0.25, 0.3) is 0 Å². The molecule has 0 fully saturated rings. The topological polar surface area (TPSA) is 96.7 Å². The van der Waals surface area contributed by atoms with Crippen LogP contribution < -0.4 is 0 Å². The molecule has 6 nitrogen and oxygen atoms in total. The van der Waals surface area contributed by atoms with Crippen LogP contribution >= 0.6 is 23.4 Å². The van der Waals surface area contributed by atoms with E-state index in [1.54, 1.807) is 0 Å². The zero-order chi connectivity index (χ0) is 15.3. The summed E-state index contributed by atoms with van der Waals surface area (Å²) in [6.07, 6.45) is -1.20. The number of nitrogens with zero attached hydrogens (tertiary/aromatic N) is 1. The minimum Gasteiger partial charge on any atom is -0.465 e. The predicted octanol–water partition coefficient (Wildman–Crippen LogP) is 1.20. The number of aromatic nitrogens is 1. The first-order valence-electron chi connectivity index (χ1n) is 5.60. The molecule has 8 heteroatoms. The lowest BCUT2D eigenvalue weighted by atomic mass is 10.1. The predicted molar refractivity (Wildman–Crippen MR) is 74.7 cm³/mol. The van der Waals surface area contributed by atoms with Crippen molar-refractivity contribution in [2.24, 2.45) is 0 Å². The van der Waals surface area contributed by atoms with Gasteiger partial charge in [0.25, 0.3) is 0 Å². The number of rotatable bonds is 5. The summed E-state index contributed by atoms with van der Waals surface area (Å²) in [5.74, 6) is -0.656. The third kappa shape index (κ3) is 4.45. The summed E-state index contributed by atoms with van der Waals surface area (Å²) in [6, 6.07) is 1.30. The van der Waals surface area contributed by atoms with E-state index in [0.717, 1.165) is 11.8 Å². The molecule has 2 unspecified atom stereocenters. The lowest BCUT2D eigenvalue weighted by Crippen LogP contribution is -2.22. The monoisotopic (exact) mass is 319 g/mol. The van der Waals surface area contributed by atoms with Crippen LogP contribution in [-0.4, -0.2) is 45.2 Å². The SMILES string of the molecule is COC(=O)c1cc(C(O)C(O)CSC(C)=O)cnc1Cl. The van der Waals surface area contributed by atoms with Crippen LogP contribution in [0.2, 0.25) is 5.15 Å². The molecule has 1 rings (SSSR count). The van der Waals surface area contributed by atoms with Gasteiger partial charge in [-0.1, -0.05) is 23.4 Å². The first-order chi connectivity index (χ1) is 9.36. The summed E-state index contributed by atoms with van der Waals surface area (Å²) in [4.78, 5) is 26.0. The highest BCUT2D eigenvalue weighted by molar-refractivity contribution is 8.13. The van der Waals surface area contributed by atoms with Crippen LogP contribution in [0.5, 0.6) is 0 Å². The number of pyridine rings is 1. The van der Waals surface area contributed by atoms with Crippen molar-refractivity contribution in [2.45, 2.75) is 19.1 Å². The fourth-order valence-corrected chi connectivity index (χ4v) is 2.16. The van der Waals surface area contributed by atoms with E-state index >= 15 is 0 Å². The number of thioether (sulfide) groups is 1. The number of carbonyl (C=O) groups excluding carboxylic acids is 2. The number of aliphatic hydroxyl groups excluding tert-OH is 2. The van der Waals surface area contributed by atoms with Crippen molar-refractivity contribution < 1.29 is 24.5 Å². The van der Waals surface area contributed by atoms with E-state index in [0.29, 0.717) is 0 Å². The van der Waals surface area contributed by atoms with Crippen molar-refractivity contribution in [1.82, 2.24) is 4.98 Å². The molecule has 0 saturated heterocycles. The lowest BCUT2D eigenvalue weighted by Gasteiger charge is -2.17. The minimum absolute atomic E-state index is 0.00265. The molecule has 1 aromatic rings. The van der Waals surface area contributed by atoms with Crippen LogP contribution in [0.1, 0.15) is 28.9 Å². The molecule has 110 valence electrons. The van der Waals surface area contributed by atoms with Gasteiger partial charge in [-0.05, 0) is 6.07 Å². The average Bonchev–Trinajstić information content (AvgIpc) is 2.43. The van der Waals surface area contributed by atoms with Crippen molar-refractivity contribution in [1.29, 1.82) is 0 Å². The molecule has 2 atom stereocenters. The fraction of sp³-hybridized carbons (Fsp3) is 0.417. The summed E-state index contributed by atoms with van der Waals surface area (Å²) in [5.41, 5.74) is 0.212. The first-order valence-corrected chi connectivity index (χ1v) is 6.96. The molecule has 0 aliphatic carbocycles. The normalized spacial score (nSPS) is 13.7. The Balaban J connectivity index is 2.90. The van der Waals surface area contributed by atoms with E-state index in [1.807, 2.05) is 0 Å². The number of ether oxygens (including phenoxy) is 1. The summed E-state index contributed by atoms with van der Waals surface area (Å²) < 4.78 is 4.53. The quantitative estimate of drug-likeness (QED) is 0.621. The Morgan fingerprint density at radius 3 is 2.70 bits per heavy atom. The standard InChI is InChI=1S/C12H14ClNO5S/c1-6(15)20-5-9(16)10(17)7-3-8(12(18)19-2)11(13)14-4-7/h3-4,9-10,16-17H,5H2,1-2H3. The van der Waals surface area contributed by atoms with Gasteiger partial charge < -0.3 is 14.9 Å². The molecule has 1 aromatic heterocycles. The molecule has 0 radical (unpaired) electrons. The number of esters is 1. The highest BCUT2D eigenvalue weighted by Crippen LogP contribution is 2.23. The summed E-state index contributed by atoms with van der Waals surface area (Å²) >= 11 is 6.65. The fourth-order valence-electron chi connectivity index (χ4n) is 1.40. The van der Waals surface area contributed by atoms with E-state index in [9.17, 15) is 19.8 Å². The minimum atomic E-state index is -1.28. The van der Waals surface area contributed by atoms with Gasteiger partial charge in [0.1, 0.15) is 11.3 Å². The van der Waals surface area contributed by atoms with Crippen LogP contribution in [0.3, 0.4) is 0 Å². The van der Waals surface area contributed by atoms with E-state index < -0.39 is 18.2 Å². The Hall–Kier alpha value is -1.15. The smallest absolute Gasteiger partial charge is 0.341 e. The van der Waals surface area contributed by atoms with E-state index in [1.165, 1.54) is 26.3 Å². The highest BCUT2D eigenvalue weighted by Gasteiger charge is 2.22. The third-order valence-electron chi connectivity index (χ3n) is 2.43. The molecule has 20 heavy (non-hydrogen) atoms. The second-order valence-electron chi connectivity index (χ2n) is 3.91. The Labute approximate surface area is 125 Å². The number of hydrogen-bond acceptors (Lipinski definition) is 7. The molecule has 0 aliphatic rings. The van der Waals surface area contributed by atoms with Gasteiger partial charge in [-0.2, -0.15) is 0 Å². The number of hydrogen-bond donors (Lipinski definition) is 2. The van der Waals surface area contributed by atoms with Crippen molar-refractivity contribution in [3.63, 3.8) is 0 Å². The second-order valence-corrected chi connectivity index (χ2v) is 5.47. The van der Waals surface area contributed by atoms with Gasteiger partial charge in [0.15, 0.2) is 5.12 Å².